The Morgan fingerprint density at radius 1 is 1.00 bits per heavy atom. The lowest BCUT2D eigenvalue weighted by Crippen LogP contribution is -2.29. The van der Waals surface area contributed by atoms with E-state index in [4.69, 9.17) is 0 Å². The molecule has 0 fully saturated rings. The van der Waals surface area contributed by atoms with E-state index in [1.807, 2.05) is 0 Å². The van der Waals surface area contributed by atoms with E-state index in [0.717, 1.165) is 6.42 Å². The number of halogens is 1. The van der Waals surface area contributed by atoms with E-state index < -0.39 is 0 Å². The highest BCUT2D eigenvalue weighted by molar-refractivity contribution is 9.11. The van der Waals surface area contributed by atoms with Gasteiger partial charge in [-0.25, -0.2) is 0 Å². The fourth-order valence-electron chi connectivity index (χ4n) is 3.99. The van der Waals surface area contributed by atoms with E-state index in [1.54, 1.807) is 0 Å². The van der Waals surface area contributed by atoms with Crippen LogP contribution in [-0.2, 0) is 5.41 Å². The Balaban J connectivity index is 1.99. The Hall–Kier alpha value is -1.60. The molecule has 0 bridgehead atoms. The van der Waals surface area contributed by atoms with Crippen LogP contribution >= 0.6 is 15.9 Å². The van der Waals surface area contributed by atoms with Crippen LogP contribution in [0.5, 0.6) is 0 Å². The molecule has 0 saturated heterocycles. The molecule has 0 aromatic heterocycles. The molecular weight excluding hydrogens is 320 g/mol. The van der Waals surface area contributed by atoms with E-state index >= 15 is 0 Å². The first-order chi connectivity index (χ1) is 10.2. The third-order valence-corrected chi connectivity index (χ3v) is 5.64. The van der Waals surface area contributed by atoms with Crippen molar-refractivity contribution in [2.75, 3.05) is 0 Å². The van der Waals surface area contributed by atoms with Crippen molar-refractivity contribution < 1.29 is 0 Å². The van der Waals surface area contributed by atoms with Crippen molar-refractivity contribution in [2.24, 2.45) is 5.92 Å². The van der Waals surface area contributed by atoms with Crippen LogP contribution in [0.1, 0.15) is 30.0 Å². The SMILES string of the molecule is C[C@]1(c2ccccc2)c2ccccc2C2=CC(Br)=CCC21. The molecule has 1 unspecified atom stereocenters. The minimum Gasteiger partial charge on any atom is -0.0696 e. The normalized spacial score (nSPS) is 26.7. The first-order valence-electron chi connectivity index (χ1n) is 7.44. The molecule has 104 valence electrons. The topological polar surface area (TPSA) is 0 Å². The maximum Gasteiger partial charge on any atom is 0.0252 e. The Labute approximate surface area is 134 Å². The molecule has 0 saturated carbocycles. The molecule has 1 heteroatoms. The van der Waals surface area contributed by atoms with Gasteiger partial charge in [-0.15, -0.1) is 0 Å². The molecule has 0 radical (unpaired) electrons. The second-order valence-electron chi connectivity index (χ2n) is 6.09. The molecule has 0 aliphatic heterocycles. The molecule has 0 amide bonds. The molecule has 2 aliphatic rings. The second-order valence-corrected chi connectivity index (χ2v) is 7.01. The minimum absolute atomic E-state index is 0.0634. The molecule has 0 nitrogen and oxygen atoms in total. The van der Waals surface area contributed by atoms with Crippen LogP contribution < -0.4 is 0 Å². The van der Waals surface area contributed by atoms with Crippen molar-refractivity contribution in [2.45, 2.75) is 18.8 Å². The van der Waals surface area contributed by atoms with Crippen molar-refractivity contribution in [1.82, 2.24) is 0 Å². The highest BCUT2D eigenvalue weighted by Gasteiger charge is 2.47. The van der Waals surface area contributed by atoms with Crippen LogP contribution in [0.15, 0.2) is 71.2 Å². The summed E-state index contributed by atoms with van der Waals surface area (Å²) in [4.78, 5) is 0. The Kier molecular flexibility index (Phi) is 2.93. The second kappa shape index (κ2) is 4.71. The van der Waals surface area contributed by atoms with Crippen LogP contribution in [0.3, 0.4) is 0 Å². The van der Waals surface area contributed by atoms with Crippen LogP contribution in [0, 0.1) is 5.92 Å². The monoisotopic (exact) mass is 336 g/mol. The van der Waals surface area contributed by atoms with Gasteiger partial charge in [0.1, 0.15) is 0 Å². The lowest BCUT2D eigenvalue weighted by molar-refractivity contribution is 0.449. The molecule has 21 heavy (non-hydrogen) atoms. The number of allylic oxidation sites excluding steroid dienone is 4. The van der Waals surface area contributed by atoms with Gasteiger partial charge in [0.25, 0.3) is 0 Å². The zero-order valence-electron chi connectivity index (χ0n) is 12.0. The quantitative estimate of drug-likeness (QED) is 0.627. The summed E-state index contributed by atoms with van der Waals surface area (Å²) in [6.07, 6.45) is 5.70. The van der Waals surface area contributed by atoms with Gasteiger partial charge in [0, 0.05) is 15.8 Å². The number of rotatable bonds is 1. The molecule has 2 aliphatic carbocycles. The Bertz CT molecular complexity index is 754. The molecule has 4 rings (SSSR count). The number of hydrogen-bond donors (Lipinski definition) is 0. The Morgan fingerprint density at radius 3 is 2.52 bits per heavy atom. The summed E-state index contributed by atoms with van der Waals surface area (Å²) in [5, 5.41) is 0. The molecule has 0 spiro atoms. The number of fused-ring (bicyclic) bond motifs is 3. The number of benzene rings is 2. The average molecular weight is 337 g/mol. The van der Waals surface area contributed by atoms with Crippen molar-refractivity contribution >= 4 is 21.5 Å². The van der Waals surface area contributed by atoms with Gasteiger partial charge in [0.15, 0.2) is 0 Å². The van der Waals surface area contributed by atoms with Crippen LogP contribution in [0.2, 0.25) is 0 Å². The fourth-order valence-corrected chi connectivity index (χ4v) is 4.43. The first kappa shape index (κ1) is 13.1. The summed E-state index contributed by atoms with van der Waals surface area (Å²) in [5.41, 5.74) is 5.83. The predicted octanol–water partition coefficient (Wildman–Crippen LogP) is 5.69. The maximum absolute atomic E-state index is 3.66. The zero-order chi connectivity index (χ0) is 14.4. The predicted molar refractivity (Wildman–Crippen MR) is 92.4 cm³/mol. The van der Waals surface area contributed by atoms with Gasteiger partial charge in [-0.1, -0.05) is 83.5 Å². The van der Waals surface area contributed by atoms with E-state index in [0.29, 0.717) is 5.92 Å². The van der Waals surface area contributed by atoms with Gasteiger partial charge in [-0.2, -0.15) is 0 Å². The van der Waals surface area contributed by atoms with Gasteiger partial charge >= 0.3 is 0 Å². The van der Waals surface area contributed by atoms with Gasteiger partial charge in [-0.05, 0) is 34.8 Å². The lowest BCUT2D eigenvalue weighted by Gasteiger charge is -2.34. The highest BCUT2D eigenvalue weighted by Crippen LogP contribution is 2.56. The summed E-state index contributed by atoms with van der Waals surface area (Å²) in [5.74, 6) is 0.526. The van der Waals surface area contributed by atoms with Gasteiger partial charge < -0.3 is 0 Å². The molecule has 2 aromatic rings. The molecule has 0 N–H and O–H groups in total. The first-order valence-corrected chi connectivity index (χ1v) is 8.23. The molecule has 0 heterocycles. The van der Waals surface area contributed by atoms with Gasteiger partial charge in [-0.3, -0.25) is 0 Å². The van der Waals surface area contributed by atoms with Crippen LogP contribution in [0.25, 0.3) is 5.57 Å². The summed E-state index contributed by atoms with van der Waals surface area (Å²) < 4.78 is 1.21. The summed E-state index contributed by atoms with van der Waals surface area (Å²) in [6.45, 7) is 2.40. The fraction of sp³-hybridized carbons (Fsp3) is 0.200. The summed E-state index contributed by atoms with van der Waals surface area (Å²) >= 11 is 3.66. The van der Waals surface area contributed by atoms with Crippen molar-refractivity contribution in [3.63, 3.8) is 0 Å². The molecular formula is C20H17Br. The minimum atomic E-state index is 0.0634. The molecule has 2 aromatic carbocycles. The van der Waals surface area contributed by atoms with Gasteiger partial charge in [0.2, 0.25) is 0 Å². The van der Waals surface area contributed by atoms with Crippen LogP contribution in [0.4, 0.5) is 0 Å². The summed E-state index contributed by atoms with van der Waals surface area (Å²) in [6, 6.07) is 19.8. The van der Waals surface area contributed by atoms with E-state index in [2.05, 4.69) is 89.6 Å². The average Bonchev–Trinajstić information content (AvgIpc) is 2.79. The van der Waals surface area contributed by atoms with Gasteiger partial charge in [0.05, 0.1) is 0 Å². The van der Waals surface area contributed by atoms with Crippen LogP contribution in [-0.4, -0.2) is 0 Å². The van der Waals surface area contributed by atoms with Crippen molar-refractivity contribution in [1.29, 1.82) is 0 Å². The van der Waals surface area contributed by atoms with E-state index in [1.165, 1.54) is 26.7 Å². The standard InChI is InChI=1S/C20H17Br/c1-20(14-7-3-2-4-8-14)18-10-6-5-9-16(18)17-13-15(21)11-12-19(17)20/h2-11,13,19H,12H2,1H3/t19?,20-/m0/s1. The molecule has 2 atom stereocenters. The van der Waals surface area contributed by atoms with Crippen molar-refractivity contribution in [3.05, 3.63) is 87.9 Å². The van der Waals surface area contributed by atoms with E-state index in [9.17, 15) is 0 Å². The zero-order valence-corrected chi connectivity index (χ0v) is 13.6. The Morgan fingerprint density at radius 2 is 1.71 bits per heavy atom. The van der Waals surface area contributed by atoms with E-state index in [-0.39, 0.29) is 5.41 Å². The third-order valence-electron chi connectivity index (χ3n) is 5.09. The smallest absolute Gasteiger partial charge is 0.0252 e. The number of hydrogen-bond acceptors (Lipinski definition) is 0. The highest BCUT2D eigenvalue weighted by atomic mass is 79.9. The maximum atomic E-state index is 3.66. The van der Waals surface area contributed by atoms with Crippen molar-refractivity contribution in [3.8, 4) is 0 Å². The summed E-state index contributed by atoms with van der Waals surface area (Å²) in [7, 11) is 0. The largest absolute Gasteiger partial charge is 0.0696 e. The lowest BCUT2D eigenvalue weighted by atomic mass is 9.68. The third kappa shape index (κ3) is 1.80.